The second-order valence-electron chi connectivity index (χ2n) is 11.3. The highest BCUT2D eigenvalue weighted by Gasteiger charge is 2.41. The molecule has 7 heteroatoms. The largest absolute Gasteiger partial charge is 0.493 e. The van der Waals surface area contributed by atoms with Crippen LogP contribution in [0.4, 0.5) is 4.79 Å². The summed E-state index contributed by atoms with van der Waals surface area (Å²) in [6, 6.07) is 9.94. The molecule has 1 saturated carbocycles. The van der Waals surface area contributed by atoms with Gasteiger partial charge in [-0.3, -0.25) is 4.90 Å². The van der Waals surface area contributed by atoms with E-state index in [1.54, 1.807) is 0 Å². The van der Waals surface area contributed by atoms with Crippen molar-refractivity contribution in [3.8, 4) is 22.8 Å². The maximum Gasteiger partial charge on any atom is 0.407 e. The molecule has 7 rings (SSSR count). The van der Waals surface area contributed by atoms with Gasteiger partial charge in [-0.1, -0.05) is 26.0 Å². The lowest BCUT2D eigenvalue weighted by atomic mass is 9.78. The first-order chi connectivity index (χ1) is 16.9. The number of benzene rings is 1. The molecule has 1 aliphatic carbocycles. The number of carbonyl (C=O) groups is 1. The maximum atomic E-state index is 13.0. The van der Waals surface area contributed by atoms with Crippen LogP contribution >= 0.6 is 0 Å². The lowest BCUT2D eigenvalue weighted by Crippen LogP contribution is -2.53. The number of nitrogens with zero attached hydrogens (tertiary/aromatic N) is 2. The predicted molar refractivity (Wildman–Crippen MR) is 132 cm³/mol. The molecule has 5 heterocycles. The van der Waals surface area contributed by atoms with E-state index in [1.807, 2.05) is 24.4 Å². The average molecular weight is 478 g/mol. The van der Waals surface area contributed by atoms with Crippen molar-refractivity contribution in [2.24, 2.45) is 17.3 Å². The number of nitrogens with one attached hydrogen (secondary N) is 1. The summed E-state index contributed by atoms with van der Waals surface area (Å²) >= 11 is 0. The van der Waals surface area contributed by atoms with Crippen LogP contribution < -0.4 is 14.8 Å². The Morgan fingerprint density at radius 2 is 1.94 bits per heavy atom. The van der Waals surface area contributed by atoms with Crippen LogP contribution in [-0.4, -0.2) is 54.9 Å². The molecule has 186 valence electrons. The quantitative estimate of drug-likeness (QED) is 0.643. The van der Waals surface area contributed by atoms with Crippen LogP contribution in [0.2, 0.25) is 0 Å². The van der Waals surface area contributed by atoms with Gasteiger partial charge in [-0.15, -0.1) is 0 Å². The number of hydrogen-bond acceptors (Lipinski definition) is 6. The summed E-state index contributed by atoms with van der Waals surface area (Å²) in [7, 11) is 0. The van der Waals surface area contributed by atoms with E-state index in [4.69, 9.17) is 14.2 Å². The summed E-state index contributed by atoms with van der Waals surface area (Å²) in [6.45, 7) is 8.61. The van der Waals surface area contributed by atoms with E-state index in [-0.39, 0.29) is 23.7 Å². The van der Waals surface area contributed by atoms with Gasteiger partial charge in [0.05, 0.1) is 19.3 Å². The minimum absolute atomic E-state index is 0.00831. The van der Waals surface area contributed by atoms with Gasteiger partial charge in [-0.05, 0) is 68.3 Å². The minimum atomic E-state index is -0.329. The molecular formula is C28H35N3O4. The summed E-state index contributed by atoms with van der Waals surface area (Å²) in [5, 5.41) is 3.18. The van der Waals surface area contributed by atoms with Crippen molar-refractivity contribution in [2.45, 2.75) is 51.7 Å². The van der Waals surface area contributed by atoms with E-state index in [0.717, 1.165) is 61.5 Å². The highest BCUT2D eigenvalue weighted by Crippen LogP contribution is 2.44. The van der Waals surface area contributed by atoms with Crippen LogP contribution in [0.1, 0.15) is 51.1 Å². The number of rotatable bonds is 6. The van der Waals surface area contributed by atoms with Crippen LogP contribution in [0.3, 0.4) is 0 Å². The van der Waals surface area contributed by atoms with Crippen molar-refractivity contribution >= 4 is 6.09 Å². The van der Waals surface area contributed by atoms with E-state index in [2.05, 4.69) is 41.2 Å². The Balaban J connectivity index is 1.16. The van der Waals surface area contributed by atoms with Crippen molar-refractivity contribution in [3.05, 3.63) is 42.1 Å². The van der Waals surface area contributed by atoms with Crippen molar-refractivity contribution < 1.29 is 19.0 Å². The van der Waals surface area contributed by atoms with Crippen LogP contribution in [0.5, 0.6) is 11.6 Å². The first-order valence-electron chi connectivity index (χ1n) is 13.0. The zero-order valence-corrected chi connectivity index (χ0v) is 20.7. The predicted octanol–water partition coefficient (Wildman–Crippen LogP) is 4.82. The third-order valence-corrected chi connectivity index (χ3v) is 8.06. The molecule has 5 aliphatic rings. The van der Waals surface area contributed by atoms with Crippen molar-refractivity contribution in [3.63, 3.8) is 0 Å². The monoisotopic (exact) mass is 477 g/mol. The number of pyridine rings is 1. The van der Waals surface area contributed by atoms with Crippen LogP contribution in [0.25, 0.3) is 11.1 Å². The zero-order valence-electron chi connectivity index (χ0n) is 20.7. The first-order valence-corrected chi connectivity index (χ1v) is 13.0. The molecule has 1 aromatic carbocycles. The van der Waals surface area contributed by atoms with Gasteiger partial charge in [0.15, 0.2) is 0 Å². The molecule has 4 fully saturated rings. The van der Waals surface area contributed by atoms with E-state index in [9.17, 15) is 4.79 Å². The Labute approximate surface area is 207 Å². The Bertz CT molecular complexity index is 1070. The molecule has 2 atom stereocenters. The van der Waals surface area contributed by atoms with E-state index in [1.165, 1.54) is 12.8 Å². The number of carbonyl (C=O) groups excluding carboxylic acids is 1. The molecule has 1 N–H and O–H groups in total. The summed E-state index contributed by atoms with van der Waals surface area (Å²) in [5.74, 6) is 2.65. The summed E-state index contributed by atoms with van der Waals surface area (Å²) in [4.78, 5) is 19.8. The molecule has 1 amide bonds. The fraction of sp³-hybridized carbons (Fsp3) is 0.571. The van der Waals surface area contributed by atoms with Gasteiger partial charge in [0.1, 0.15) is 11.9 Å². The number of alkyl carbamates (subject to hydrolysis) is 1. The SMILES string of the molecule is CC1(C)COc2cc(-c3ccc(OCC4CC4)nc3)ccc2C1NC(=O)O[C@@H]1CN2CCC1CC2. The van der Waals surface area contributed by atoms with Gasteiger partial charge in [-0.2, -0.15) is 0 Å². The normalized spacial score (nSPS) is 28.5. The van der Waals surface area contributed by atoms with E-state index in [0.29, 0.717) is 24.3 Å². The molecule has 2 bridgehead atoms. The maximum absolute atomic E-state index is 13.0. The summed E-state index contributed by atoms with van der Waals surface area (Å²) in [6.07, 6.45) is 6.27. The van der Waals surface area contributed by atoms with Gasteiger partial charge in [-0.25, -0.2) is 9.78 Å². The Morgan fingerprint density at radius 1 is 1.14 bits per heavy atom. The lowest BCUT2D eigenvalue weighted by molar-refractivity contribution is -0.0361. The molecule has 4 aliphatic heterocycles. The highest BCUT2D eigenvalue weighted by atomic mass is 16.6. The van der Waals surface area contributed by atoms with Gasteiger partial charge in [0, 0.05) is 35.3 Å². The van der Waals surface area contributed by atoms with Crippen molar-refractivity contribution in [2.75, 3.05) is 32.8 Å². The standard InChI is InChI=1S/C28H35N3O4/c1-28(2)17-34-23-13-20(21-6-8-25(29-14-21)33-16-18-3-4-18)5-7-22(23)26(28)30-27(32)35-24-15-31-11-9-19(24)10-12-31/h5-8,13-14,18-19,24,26H,3-4,9-12,15-17H2,1-2H3,(H,30,32)/t24-,26?/m1/s1. The van der Waals surface area contributed by atoms with Crippen molar-refractivity contribution in [1.82, 2.24) is 15.2 Å². The molecule has 0 radical (unpaired) electrons. The Morgan fingerprint density at radius 3 is 2.63 bits per heavy atom. The Hall–Kier alpha value is -2.80. The fourth-order valence-electron chi connectivity index (χ4n) is 5.58. The molecule has 1 aromatic heterocycles. The molecule has 1 unspecified atom stereocenters. The summed E-state index contributed by atoms with van der Waals surface area (Å²) in [5.41, 5.74) is 2.75. The molecule has 7 nitrogen and oxygen atoms in total. The molecule has 3 saturated heterocycles. The molecule has 0 spiro atoms. The van der Waals surface area contributed by atoms with E-state index < -0.39 is 0 Å². The molecule has 35 heavy (non-hydrogen) atoms. The second-order valence-corrected chi connectivity index (χ2v) is 11.3. The number of aromatic nitrogens is 1. The van der Waals surface area contributed by atoms with Crippen LogP contribution in [-0.2, 0) is 4.74 Å². The van der Waals surface area contributed by atoms with Gasteiger partial charge in [0.25, 0.3) is 0 Å². The number of piperidine rings is 3. The fourth-order valence-corrected chi connectivity index (χ4v) is 5.58. The smallest absolute Gasteiger partial charge is 0.407 e. The molecular weight excluding hydrogens is 442 g/mol. The number of fused-ring (bicyclic) bond motifs is 4. The van der Waals surface area contributed by atoms with Gasteiger partial charge in [0.2, 0.25) is 5.88 Å². The van der Waals surface area contributed by atoms with E-state index >= 15 is 0 Å². The first kappa shape index (κ1) is 22.7. The van der Waals surface area contributed by atoms with Crippen LogP contribution in [0.15, 0.2) is 36.5 Å². The minimum Gasteiger partial charge on any atom is -0.493 e. The number of ether oxygens (including phenoxy) is 3. The van der Waals surface area contributed by atoms with Gasteiger partial charge >= 0.3 is 6.09 Å². The third kappa shape index (κ3) is 4.83. The topological polar surface area (TPSA) is 72.9 Å². The second kappa shape index (κ2) is 9.01. The average Bonchev–Trinajstić information content (AvgIpc) is 3.70. The highest BCUT2D eigenvalue weighted by molar-refractivity contribution is 5.70. The third-order valence-electron chi connectivity index (χ3n) is 8.06. The summed E-state index contributed by atoms with van der Waals surface area (Å²) < 4.78 is 17.8. The zero-order chi connectivity index (χ0) is 24.0. The Kier molecular flexibility index (Phi) is 5.83. The van der Waals surface area contributed by atoms with Crippen LogP contribution in [0, 0.1) is 17.3 Å². The molecule has 2 aromatic rings. The van der Waals surface area contributed by atoms with Gasteiger partial charge < -0.3 is 19.5 Å². The lowest BCUT2D eigenvalue weighted by Gasteiger charge is -2.44. The van der Waals surface area contributed by atoms with Crippen molar-refractivity contribution in [1.29, 1.82) is 0 Å². The number of hydrogen-bond donors (Lipinski definition) is 1. The number of amides is 1.